The highest BCUT2D eigenvalue weighted by Crippen LogP contribution is 2.37. The number of anilines is 3. The fraction of sp³-hybridized carbons (Fsp3) is 0.143. The number of methoxy groups -OCH3 is 1. The monoisotopic (exact) mass is 303 g/mol. The molecule has 0 unspecified atom stereocenters. The molecule has 3 aromatic rings. The van der Waals surface area contributed by atoms with E-state index in [0.29, 0.717) is 0 Å². The standard InChI is InChI=1S/C21H21NO/c1-16-9-14-21(17(2)15-16)22(18-7-5-4-6-8-18)19-10-12-20(23-3)13-11-19/h4-15H,1-3H3. The molecule has 0 aliphatic heterocycles. The van der Waals surface area contributed by atoms with E-state index >= 15 is 0 Å². The Morgan fingerprint density at radius 2 is 1.39 bits per heavy atom. The lowest BCUT2D eigenvalue weighted by Gasteiger charge is -2.27. The van der Waals surface area contributed by atoms with E-state index in [1.165, 1.54) is 16.8 Å². The van der Waals surface area contributed by atoms with Crippen molar-refractivity contribution in [2.24, 2.45) is 0 Å². The summed E-state index contributed by atoms with van der Waals surface area (Å²) < 4.78 is 5.28. The Hall–Kier alpha value is -2.74. The number of para-hydroxylation sites is 1. The second kappa shape index (κ2) is 6.57. The van der Waals surface area contributed by atoms with Crippen molar-refractivity contribution in [3.05, 3.63) is 83.9 Å². The van der Waals surface area contributed by atoms with Gasteiger partial charge in [-0.2, -0.15) is 0 Å². The Kier molecular flexibility index (Phi) is 4.33. The molecule has 23 heavy (non-hydrogen) atoms. The highest BCUT2D eigenvalue weighted by Gasteiger charge is 2.14. The summed E-state index contributed by atoms with van der Waals surface area (Å²) in [4.78, 5) is 2.27. The quantitative estimate of drug-likeness (QED) is 0.605. The van der Waals surface area contributed by atoms with Crippen LogP contribution in [0.15, 0.2) is 72.8 Å². The van der Waals surface area contributed by atoms with Gasteiger partial charge < -0.3 is 9.64 Å². The van der Waals surface area contributed by atoms with Crippen LogP contribution in [0.3, 0.4) is 0 Å². The lowest BCUT2D eigenvalue weighted by molar-refractivity contribution is 0.415. The number of hydrogen-bond acceptors (Lipinski definition) is 2. The molecule has 0 bridgehead atoms. The smallest absolute Gasteiger partial charge is 0.119 e. The van der Waals surface area contributed by atoms with Gasteiger partial charge in [0.15, 0.2) is 0 Å². The number of rotatable bonds is 4. The Morgan fingerprint density at radius 3 is 2.00 bits per heavy atom. The molecular weight excluding hydrogens is 282 g/mol. The molecule has 0 aliphatic carbocycles. The van der Waals surface area contributed by atoms with Crippen molar-refractivity contribution in [3.63, 3.8) is 0 Å². The summed E-state index contributed by atoms with van der Waals surface area (Å²) in [6, 6.07) is 25.1. The number of hydrogen-bond donors (Lipinski definition) is 0. The third kappa shape index (κ3) is 3.21. The van der Waals surface area contributed by atoms with E-state index in [1.807, 2.05) is 18.2 Å². The van der Waals surface area contributed by atoms with Crippen molar-refractivity contribution in [1.29, 1.82) is 0 Å². The van der Waals surface area contributed by atoms with E-state index in [2.05, 4.69) is 73.3 Å². The molecule has 2 heteroatoms. The molecule has 0 N–H and O–H groups in total. The average Bonchev–Trinajstić information content (AvgIpc) is 2.59. The van der Waals surface area contributed by atoms with Crippen molar-refractivity contribution in [2.45, 2.75) is 13.8 Å². The molecule has 0 aliphatic rings. The molecule has 0 radical (unpaired) electrons. The van der Waals surface area contributed by atoms with Crippen LogP contribution >= 0.6 is 0 Å². The van der Waals surface area contributed by atoms with Crippen LogP contribution in [0, 0.1) is 13.8 Å². The van der Waals surface area contributed by atoms with E-state index in [-0.39, 0.29) is 0 Å². The number of nitrogens with zero attached hydrogens (tertiary/aromatic N) is 1. The minimum atomic E-state index is 0.863. The van der Waals surface area contributed by atoms with Crippen molar-refractivity contribution in [1.82, 2.24) is 0 Å². The predicted octanol–water partition coefficient (Wildman–Crippen LogP) is 5.78. The first kappa shape index (κ1) is 15.2. The topological polar surface area (TPSA) is 12.5 Å². The van der Waals surface area contributed by atoms with E-state index < -0.39 is 0 Å². The number of aryl methyl sites for hydroxylation is 2. The van der Waals surface area contributed by atoms with Crippen molar-refractivity contribution < 1.29 is 4.74 Å². The van der Waals surface area contributed by atoms with Crippen LogP contribution in [0.25, 0.3) is 0 Å². The minimum Gasteiger partial charge on any atom is -0.497 e. The van der Waals surface area contributed by atoms with E-state index in [9.17, 15) is 0 Å². The minimum absolute atomic E-state index is 0.863. The Labute approximate surface area is 138 Å². The third-order valence-corrected chi connectivity index (χ3v) is 3.94. The molecule has 3 rings (SSSR count). The van der Waals surface area contributed by atoms with E-state index in [0.717, 1.165) is 17.1 Å². The molecule has 116 valence electrons. The van der Waals surface area contributed by atoms with Gasteiger partial charge in [-0.05, 0) is 61.9 Å². The maximum Gasteiger partial charge on any atom is 0.119 e. The van der Waals surface area contributed by atoms with Gasteiger partial charge in [-0.3, -0.25) is 0 Å². The fourth-order valence-corrected chi connectivity index (χ4v) is 2.79. The maximum atomic E-state index is 5.28. The van der Waals surface area contributed by atoms with E-state index in [4.69, 9.17) is 4.74 Å². The third-order valence-electron chi connectivity index (χ3n) is 3.94. The zero-order valence-electron chi connectivity index (χ0n) is 13.8. The number of benzene rings is 3. The average molecular weight is 303 g/mol. The van der Waals surface area contributed by atoms with Crippen LogP contribution in [0.1, 0.15) is 11.1 Å². The molecule has 0 saturated carbocycles. The van der Waals surface area contributed by atoms with Gasteiger partial charge in [-0.15, -0.1) is 0 Å². The van der Waals surface area contributed by atoms with Crippen LogP contribution in [0.5, 0.6) is 5.75 Å². The summed E-state index contributed by atoms with van der Waals surface area (Å²) in [6.07, 6.45) is 0. The fourth-order valence-electron chi connectivity index (χ4n) is 2.79. The van der Waals surface area contributed by atoms with E-state index in [1.54, 1.807) is 7.11 Å². The molecule has 0 fully saturated rings. The van der Waals surface area contributed by atoms with Gasteiger partial charge in [0.25, 0.3) is 0 Å². The van der Waals surface area contributed by atoms with Crippen LogP contribution < -0.4 is 9.64 Å². The largest absolute Gasteiger partial charge is 0.497 e. The second-order valence-corrected chi connectivity index (χ2v) is 5.66. The molecule has 0 heterocycles. The predicted molar refractivity (Wildman–Crippen MR) is 97.2 cm³/mol. The molecule has 3 aromatic carbocycles. The molecule has 0 spiro atoms. The normalized spacial score (nSPS) is 10.4. The van der Waals surface area contributed by atoms with Crippen molar-refractivity contribution >= 4 is 17.1 Å². The van der Waals surface area contributed by atoms with Crippen LogP contribution in [0.4, 0.5) is 17.1 Å². The van der Waals surface area contributed by atoms with Gasteiger partial charge in [-0.1, -0.05) is 35.9 Å². The maximum absolute atomic E-state index is 5.28. The first-order valence-corrected chi connectivity index (χ1v) is 7.75. The Morgan fingerprint density at radius 1 is 0.739 bits per heavy atom. The molecule has 2 nitrogen and oxygen atoms in total. The molecule has 0 amide bonds. The number of ether oxygens (including phenoxy) is 1. The SMILES string of the molecule is COc1ccc(N(c2ccccc2)c2ccc(C)cc2C)cc1. The molecule has 0 aromatic heterocycles. The zero-order valence-corrected chi connectivity index (χ0v) is 13.8. The van der Waals surface area contributed by atoms with Gasteiger partial charge >= 0.3 is 0 Å². The van der Waals surface area contributed by atoms with Gasteiger partial charge in [0, 0.05) is 17.1 Å². The second-order valence-electron chi connectivity index (χ2n) is 5.66. The first-order valence-electron chi connectivity index (χ1n) is 7.75. The van der Waals surface area contributed by atoms with Crippen molar-refractivity contribution in [2.75, 3.05) is 12.0 Å². The first-order chi connectivity index (χ1) is 11.2. The molecule has 0 saturated heterocycles. The summed E-state index contributed by atoms with van der Waals surface area (Å²) in [5, 5.41) is 0. The highest BCUT2D eigenvalue weighted by atomic mass is 16.5. The van der Waals surface area contributed by atoms with Crippen LogP contribution in [-0.4, -0.2) is 7.11 Å². The summed E-state index contributed by atoms with van der Waals surface area (Å²) in [5.41, 5.74) is 5.97. The molecular formula is C21H21NO. The zero-order chi connectivity index (χ0) is 16.2. The van der Waals surface area contributed by atoms with Crippen molar-refractivity contribution in [3.8, 4) is 5.75 Å². The van der Waals surface area contributed by atoms with Gasteiger partial charge in [-0.25, -0.2) is 0 Å². The summed E-state index contributed by atoms with van der Waals surface area (Å²) >= 11 is 0. The highest BCUT2D eigenvalue weighted by molar-refractivity contribution is 5.78. The van der Waals surface area contributed by atoms with Gasteiger partial charge in [0.05, 0.1) is 7.11 Å². The van der Waals surface area contributed by atoms with Crippen LogP contribution in [0.2, 0.25) is 0 Å². The van der Waals surface area contributed by atoms with Crippen LogP contribution in [-0.2, 0) is 0 Å². The summed E-state index contributed by atoms with van der Waals surface area (Å²) in [5.74, 6) is 0.863. The van der Waals surface area contributed by atoms with Gasteiger partial charge in [0.1, 0.15) is 5.75 Å². The summed E-state index contributed by atoms with van der Waals surface area (Å²) in [6.45, 7) is 4.28. The molecule has 0 atom stereocenters. The Balaban J connectivity index is 2.13. The van der Waals surface area contributed by atoms with Gasteiger partial charge in [0.2, 0.25) is 0 Å². The lowest BCUT2D eigenvalue weighted by atomic mass is 10.1. The Bertz CT molecular complexity index is 779. The lowest BCUT2D eigenvalue weighted by Crippen LogP contribution is -2.11. The summed E-state index contributed by atoms with van der Waals surface area (Å²) in [7, 11) is 1.69.